The number of hydrogen-bond donors (Lipinski definition) is 3. The average molecular weight is 451 g/mol. The monoisotopic (exact) mass is 450 g/mol. The fraction of sp³-hybridized carbons (Fsp3) is 0.368. The Hall–Kier alpha value is -2.36. The number of aromatic nitrogens is 2. The van der Waals surface area contributed by atoms with E-state index in [-0.39, 0.29) is 28.1 Å². The fourth-order valence-electron chi connectivity index (χ4n) is 3.44. The van der Waals surface area contributed by atoms with E-state index in [2.05, 4.69) is 32.7 Å². The summed E-state index contributed by atoms with van der Waals surface area (Å²) in [5, 5.41) is 7.82. The molecule has 9 heteroatoms. The molecule has 4 heterocycles. The maximum absolute atomic E-state index is 11.4. The van der Waals surface area contributed by atoms with Crippen molar-refractivity contribution in [1.82, 2.24) is 20.5 Å². The van der Waals surface area contributed by atoms with Gasteiger partial charge in [0.15, 0.2) is 11.5 Å². The van der Waals surface area contributed by atoms with Crippen LogP contribution < -0.4 is 16.4 Å². The molecule has 3 aromatic rings. The van der Waals surface area contributed by atoms with Crippen LogP contribution in [0.4, 0.5) is 0 Å². The molecule has 150 valence electrons. The van der Waals surface area contributed by atoms with E-state index in [9.17, 15) is 9.59 Å². The van der Waals surface area contributed by atoms with Crippen LogP contribution in [-0.2, 0) is 32.5 Å². The number of H-pyrrole nitrogens is 2. The van der Waals surface area contributed by atoms with Gasteiger partial charge in [0.25, 0.3) is 11.1 Å². The Labute approximate surface area is 171 Å². The molecule has 0 amide bonds. The van der Waals surface area contributed by atoms with E-state index < -0.39 is 0 Å². The van der Waals surface area contributed by atoms with Crippen molar-refractivity contribution in [2.24, 2.45) is 0 Å². The molecule has 0 unspecified atom stereocenters. The van der Waals surface area contributed by atoms with E-state index in [1.165, 1.54) is 5.56 Å². The lowest BCUT2D eigenvalue weighted by molar-refractivity contribution is 0.210. The van der Waals surface area contributed by atoms with Gasteiger partial charge in [0.2, 0.25) is 0 Å². The number of aromatic amines is 2. The zero-order valence-electron chi connectivity index (χ0n) is 15.3. The van der Waals surface area contributed by atoms with Crippen LogP contribution in [0.25, 0.3) is 0 Å². The number of rotatable bonds is 2. The largest absolute Gasteiger partial charge is 0.382 e. The Balaban J connectivity index is 0.000000175. The van der Waals surface area contributed by atoms with Crippen LogP contribution >= 0.6 is 17.0 Å². The van der Waals surface area contributed by atoms with E-state index in [1.54, 1.807) is 0 Å². The molecule has 2 aromatic heterocycles. The molecular formula is C19H23BrN4O4. The summed E-state index contributed by atoms with van der Waals surface area (Å²) in [6.45, 7) is 4.06. The fourth-order valence-corrected chi connectivity index (χ4v) is 3.44. The zero-order chi connectivity index (χ0) is 18.6. The number of hydrogen-bond acceptors (Lipinski definition) is 6. The summed E-state index contributed by atoms with van der Waals surface area (Å²) >= 11 is 0. The number of nitrogens with one attached hydrogen (secondary N) is 3. The second-order valence-electron chi connectivity index (χ2n) is 6.74. The lowest BCUT2D eigenvalue weighted by Gasteiger charge is -2.24. The molecule has 5 rings (SSSR count). The van der Waals surface area contributed by atoms with Crippen molar-refractivity contribution in [2.75, 3.05) is 13.1 Å². The Morgan fingerprint density at radius 1 is 0.929 bits per heavy atom. The summed E-state index contributed by atoms with van der Waals surface area (Å²) in [7, 11) is 0. The number of fused-ring (bicyclic) bond motifs is 2. The highest BCUT2D eigenvalue weighted by Gasteiger charge is 2.22. The summed E-state index contributed by atoms with van der Waals surface area (Å²) in [4.78, 5) is 24.5. The molecule has 3 N–H and O–H groups in total. The minimum absolute atomic E-state index is 0. The van der Waals surface area contributed by atoms with Crippen LogP contribution in [0.1, 0.15) is 28.2 Å². The van der Waals surface area contributed by atoms with Crippen LogP contribution in [-0.4, -0.2) is 28.3 Å². The van der Waals surface area contributed by atoms with Crippen molar-refractivity contribution < 1.29 is 9.05 Å². The maximum Gasteiger partial charge on any atom is 0.283 e. The first-order chi connectivity index (χ1) is 13.2. The second kappa shape index (κ2) is 9.22. The minimum Gasteiger partial charge on any atom is -0.382 e. The van der Waals surface area contributed by atoms with E-state index in [0.29, 0.717) is 13.1 Å². The summed E-state index contributed by atoms with van der Waals surface area (Å²) < 4.78 is 10.1. The van der Waals surface area contributed by atoms with Gasteiger partial charge in [-0.05, 0) is 24.9 Å². The Bertz CT molecular complexity index is 1000. The van der Waals surface area contributed by atoms with Gasteiger partial charge in [-0.1, -0.05) is 30.3 Å². The number of nitrogens with zero attached hydrogens (tertiary/aromatic N) is 1. The first kappa shape index (κ1) is 20.4. The molecule has 0 aliphatic carbocycles. The highest BCUT2D eigenvalue weighted by atomic mass is 79.9. The van der Waals surface area contributed by atoms with Crippen LogP contribution in [0.3, 0.4) is 0 Å². The summed E-state index contributed by atoms with van der Waals surface area (Å²) in [5.74, 6) is 1.55. The third kappa shape index (κ3) is 4.54. The van der Waals surface area contributed by atoms with Gasteiger partial charge >= 0.3 is 0 Å². The van der Waals surface area contributed by atoms with Crippen molar-refractivity contribution in [3.63, 3.8) is 0 Å². The van der Waals surface area contributed by atoms with Gasteiger partial charge in [-0.2, -0.15) is 10.3 Å². The predicted octanol–water partition coefficient (Wildman–Crippen LogP) is 1.72. The minimum atomic E-state index is -0.0727. The lowest BCUT2D eigenvalue weighted by Crippen LogP contribution is -2.31. The molecular weight excluding hydrogens is 428 g/mol. The quantitative estimate of drug-likeness (QED) is 0.548. The van der Waals surface area contributed by atoms with Gasteiger partial charge in [-0.3, -0.25) is 14.5 Å². The molecule has 0 saturated heterocycles. The predicted molar refractivity (Wildman–Crippen MR) is 109 cm³/mol. The maximum atomic E-state index is 11.4. The van der Waals surface area contributed by atoms with E-state index >= 15 is 0 Å². The van der Waals surface area contributed by atoms with Gasteiger partial charge < -0.3 is 14.4 Å². The van der Waals surface area contributed by atoms with Crippen molar-refractivity contribution in [1.29, 1.82) is 0 Å². The van der Waals surface area contributed by atoms with Crippen molar-refractivity contribution in [3.05, 3.63) is 79.3 Å². The Kier molecular flexibility index (Phi) is 6.71. The van der Waals surface area contributed by atoms with Crippen LogP contribution in [0.5, 0.6) is 0 Å². The normalized spacial score (nSPS) is 15.6. The SMILES string of the molecule is Br.O=c1[nH]oc2c1CCN(Cc1ccccc1)C2.O=c1[nH]oc2c1CCNC2. The molecule has 0 spiro atoms. The first-order valence-corrected chi connectivity index (χ1v) is 9.06. The molecule has 28 heavy (non-hydrogen) atoms. The van der Waals surface area contributed by atoms with Gasteiger partial charge in [0.1, 0.15) is 0 Å². The van der Waals surface area contributed by atoms with Crippen molar-refractivity contribution in [3.8, 4) is 0 Å². The zero-order valence-corrected chi connectivity index (χ0v) is 17.0. The number of halogens is 1. The van der Waals surface area contributed by atoms with Crippen molar-refractivity contribution >= 4 is 17.0 Å². The van der Waals surface area contributed by atoms with Crippen molar-refractivity contribution in [2.45, 2.75) is 32.5 Å². The van der Waals surface area contributed by atoms with Gasteiger partial charge in [-0.15, -0.1) is 17.0 Å². The molecule has 0 radical (unpaired) electrons. The molecule has 0 bridgehead atoms. The second-order valence-corrected chi connectivity index (χ2v) is 6.74. The van der Waals surface area contributed by atoms with Crippen LogP contribution in [0.15, 0.2) is 49.0 Å². The summed E-state index contributed by atoms with van der Waals surface area (Å²) in [6.07, 6.45) is 1.55. The first-order valence-electron chi connectivity index (χ1n) is 9.06. The molecule has 1 aromatic carbocycles. The van der Waals surface area contributed by atoms with Gasteiger partial charge in [0.05, 0.1) is 24.2 Å². The Morgan fingerprint density at radius 3 is 2.32 bits per heavy atom. The Morgan fingerprint density at radius 2 is 1.61 bits per heavy atom. The highest BCUT2D eigenvalue weighted by molar-refractivity contribution is 8.93. The smallest absolute Gasteiger partial charge is 0.283 e. The lowest BCUT2D eigenvalue weighted by atomic mass is 10.1. The van der Waals surface area contributed by atoms with Crippen LogP contribution in [0.2, 0.25) is 0 Å². The molecule has 8 nitrogen and oxygen atoms in total. The third-order valence-electron chi connectivity index (χ3n) is 4.89. The molecule has 0 fully saturated rings. The summed E-state index contributed by atoms with van der Waals surface area (Å²) in [6, 6.07) is 10.3. The molecule has 2 aliphatic heterocycles. The average Bonchev–Trinajstić information content (AvgIpc) is 3.26. The molecule has 0 atom stereocenters. The molecule has 0 saturated carbocycles. The van der Waals surface area contributed by atoms with E-state index in [1.807, 2.05) is 18.2 Å². The van der Waals surface area contributed by atoms with Gasteiger partial charge in [-0.25, -0.2) is 0 Å². The van der Waals surface area contributed by atoms with E-state index in [0.717, 1.165) is 55.1 Å². The molecule has 2 aliphatic rings. The van der Waals surface area contributed by atoms with E-state index in [4.69, 9.17) is 9.05 Å². The highest BCUT2D eigenvalue weighted by Crippen LogP contribution is 2.17. The van der Waals surface area contributed by atoms with Crippen LogP contribution in [0, 0.1) is 0 Å². The standard InChI is InChI=1S/C13H14N2O2.C6H8N2O2.BrH/c16-13-11-6-7-15(9-12(11)17-14-13)8-10-4-2-1-3-5-10;9-6-4-1-2-7-3-5(4)10-8-6;/h1-5H,6-9H2,(H,14,16);7H,1-3H2,(H,8,9);1H. The van der Waals surface area contributed by atoms with Gasteiger partial charge in [0, 0.05) is 13.1 Å². The summed E-state index contributed by atoms with van der Waals surface area (Å²) in [5.41, 5.74) is 2.76. The topological polar surface area (TPSA) is 107 Å². The third-order valence-corrected chi connectivity index (χ3v) is 4.89. The number of benzene rings is 1.